The first-order chi connectivity index (χ1) is 10.8. The minimum Gasteiger partial charge on any atom is -0.486 e. The molecule has 1 N–H and O–H groups in total. The number of esters is 1. The maximum Gasteiger partial charge on any atom is 0.358 e. The van der Waals surface area contributed by atoms with Crippen LogP contribution in [0.4, 0.5) is 5.69 Å². The zero-order valence-corrected chi connectivity index (χ0v) is 11.9. The Kier molecular flexibility index (Phi) is 3.90. The van der Waals surface area contributed by atoms with Gasteiger partial charge in [0.1, 0.15) is 25.9 Å². The summed E-state index contributed by atoms with van der Waals surface area (Å²) in [6, 6.07) is 5.42. The second kappa shape index (κ2) is 6.17. The van der Waals surface area contributed by atoms with Gasteiger partial charge in [-0.15, -0.1) is 0 Å². The highest BCUT2D eigenvalue weighted by molar-refractivity contribution is 6.09. The zero-order chi connectivity index (χ0) is 15.4. The van der Waals surface area contributed by atoms with E-state index in [9.17, 15) is 4.79 Å². The van der Waals surface area contributed by atoms with Crippen LogP contribution in [0.15, 0.2) is 37.1 Å². The van der Waals surface area contributed by atoms with Gasteiger partial charge >= 0.3 is 5.97 Å². The number of nitrogens with one attached hydrogen (secondary N) is 1. The molecule has 114 valence electrons. The molecule has 8 heteroatoms. The number of anilines is 1. The summed E-state index contributed by atoms with van der Waals surface area (Å²) in [4.78, 5) is 15.6. The first kappa shape index (κ1) is 13.9. The Bertz CT molecular complexity index is 697. The van der Waals surface area contributed by atoms with Crippen LogP contribution in [0.25, 0.3) is 5.70 Å². The molecule has 0 fully saturated rings. The third-order valence-electron chi connectivity index (χ3n) is 2.98. The molecular weight excluding hydrogens is 288 g/mol. The SMILES string of the molecule is COC(=O)C(=CNc1ccc2c(c1)OCCO2)n1cncn1. The number of fused-ring (bicyclic) bond motifs is 1. The van der Waals surface area contributed by atoms with Gasteiger partial charge in [-0.05, 0) is 12.1 Å². The van der Waals surface area contributed by atoms with Gasteiger partial charge in [-0.25, -0.2) is 14.5 Å². The average Bonchev–Trinajstić information content (AvgIpc) is 3.09. The molecule has 0 amide bonds. The van der Waals surface area contributed by atoms with E-state index >= 15 is 0 Å². The van der Waals surface area contributed by atoms with Gasteiger partial charge in [0, 0.05) is 18.0 Å². The maximum absolute atomic E-state index is 11.8. The average molecular weight is 302 g/mol. The van der Waals surface area contributed by atoms with Crippen LogP contribution in [0, 0.1) is 0 Å². The van der Waals surface area contributed by atoms with Gasteiger partial charge in [0.2, 0.25) is 0 Å². The van der Waals surface area contributed by atoms with Crippen molar-refractivity contribution in [2.24, 2.45) is 0 Å². The van der Waals surface area contributed by atoms with Crippen molar-refractivity contribution in [3.8, 4) is 11.5 Å². The van der Waals surface area contributed by atoms with Crippen molar-refractivity contribution in [1.82, 2.24) is 14.8 Å². The van der Waals surface area contributed by atoms with Crippen molar-refractivity contribution in [3.05, 3.63) is 37.1 Å². The summed E-state index contributed by atoms with van der Waals surface area (Å²) in [5, 5.41) is 6.93. The molecule has 1 aliphatic rings. The van der Waals surface area contributed by atoms with E-state index in [-0.39, 0.29) is 5.70 Å². The molecule has 0 unspecified atom stereocenters. The number of rotatable bonds is 4. The minimum atomic E-state index is -0.532. The van der Waals surface area contributed by atoms with E-state index in [2.05, 4.69) is 15.4 Å². The van der Waals surface area contributed by atoms with E-state index < -0.39 is 5.97 Å². The molecule has 0 atom stereocenters. The fraction of sp³-hybridized carbons (Fsp3) is 0.214. The van der Waals surface area contributed by atoms with Gasteiger partial charge in [0.25, 0.3) is 0 Å². The van der Waals surface area contributed by atoms with Crippen LogP contribution in [-0.4, -0.2) is 41.1 Å². The number of methoxy groups -OCH3 is 1. The summed E-state index contributed by atoms with van der Waals surface area (Å²) in [6.45, 7) is 1.05. The third kappa shape index (κ3) is 2.85. The van der Waals surface area contributed by atoms with Crippen LogP contribution in [0.2, 0.25) is 0 Å². The summed E-state index contributed by atoms with van der Waals surface area (Å²) < 4.78 is 17.0. The number of benzene rings is 1. The molecule has 1 aliphatic heterocycles. The first-order valence-electron chi connectivity index (χ1n) is 6.57. The summed E-state index contributed by atoms with van der Waals surface area (Å²) in [6.07, 6.45) is 4.24. The van der Waals surface area contributed by atoms with E-state index in [1.807, 2.05) is 6.07 Å². The molecule has 22 heavy (non-hydrogen) atoms. The smallest absolute Gasteiger partial charge is 0.358 e. The number of hydrogen-bond donors (Lipinski definition) is 1. The van der Waals surface area contributed by atoms with Crippen LogP contribution in [0.1, 0.15) is 0 Å². The number of carbonyl (C=O) groups is 1. The molecule has 0 bridgehead atoms. The fourth-order valence-electron chi connectivity index (χ4n) is 1.94. The summed E-state index contributed by atoms with van der Waals surface area (Å²) in [5.41, 5.74) is 0.945. The molecule has 0 radical (unpaired) electrons. The lowest BCUT2D eigenvalue weighted by Crippen LogP contribution is -2.15. The van der Waals surface area contributed by atoms with Crippen molar-refractivity contribution in [2.45, 2.75) is 0 Å². The molecule has 0 saturated heterocycles. The number of hydrogen-bond acceptors (Lipinski definition) is 7. The molecule has 2 aromatic rings. The van der Waals surface area contributed by atoms with Crippen molar-refractivity contribution in [3.63, 3.8) is 0 Å². The largest absolute Gasteiger partial charge is 0.486 e. The summed E-state index contributed by atoms with van der Waals surface area (Å²) in [5.74, 6) is 0.825. The third-order valence-corrected chi connectivity index (χ3v) is 2.98. The molecule has 0 saturated carbocycles. The van der Waals surface area contributed by atoms with E-state index in [1.165, 1.54) is 30.6 Å². The molecular formula is C14H14N4O4. The van der Waals surface area contributed by atoms with Crippen LogP contribution in [0.3, 0.4) is 0 Å². The number of aromatic nitrogens is 3. The van der Waals surface area contributed by atoms with Gasteiger partial charge in [-0.3, -0.25) is 0 Å². The lowest BCUT2D eigenvalue weighted by atomic mass is 10.2. The van der Waals surface area contributed by atoms with E-state index in [4.69, 9.17) is 14.2 Å². The summed E-state index contributed by atoms with van der Waals surface area (Å²) in [7, 11) is 1.30. The molecule has 1 aromatic heterocycles. The number of carbonyl (C=O) groups excluding carboxylic acids is 1. The summed E-state index contributed by atoms with van der Waals surface area (Å²) >= 11 is 0. The van der Waals surface area contributed by atoms with Gasteiger partial charge in [0.05, 0.1) is 7.11 Å². The van der Waals surface area contributed by atoms with Crippen molar-refractivity contribution in [2.75, 3.05) is 25.6 Å². The van der Waals surface area contributed by atoms with Gasteiger partial charge in [-0.2, -0.15) is 5.10 Å². The maximum atomic E-state index is 11.8. The Morgan fingerprint density at radius 3 is 2.91 bits per heavy atom. The Morgan fingerprint density at radius 2 is 2.18 bits per heavy atom. The Hall–Kier alpha value is -3.03. The second-order valence-corrected chi connectivity index (χ2v) is 4.36. The predicted molar refractivity (Wildman–Crippen MR) is 77.4 cm³/mol. The quantitative estimate of drug-likeness (QED) is 0.669. The minimum absolute atomic E-state index is 0.204. The standard InChI is InChI=1S/C14H14N4O4/c1-20-14(19)11(18-9-15-8-17-18)7-16-10-2-3-12-13(6-10)22-5-4-21-12/h2-3,6-9,16H,4-5H2,1H3. The van der Waals surface area contributed by atoms with Crippen LogP contribution in [-0.2, 0) is 9.53 Å². The van der Waals surface area contributed by atoms with E-state index in [0.29, 0.717) is 24.7 Å². The Labute approximate surface area is 126 Å². The molecule has 8 nitrogen and oxygen atoms in total. The van der Waals surface area contributed by atoms with Crippen molar-refractivity contribution >= 4 is 17.4 Å². The van der Waals surface area contributed by atoms with Gasteiger partial charge in [-0.1, -0.05) is 0 Å². The second-order valence-electron chi connectivity index (χ2n) is 4.36. The highest BCUT2D eigenvalue weighted by Crippen LogP contribution is 2.32. The highest BCUT2D eigenvalue weighted by Gasteiger charge is 2.14. The lowest BCUT2D eigenvalue weighted by molar-refractivity contribution is -0.134. The lowest BCUT2D eigenvalue weighted by Gasteiger charge is -2.18. The monoisotopic (exact) mass is 302 g/mol. The number of ether oxygens (including phenoxy) is 3. The molecule has 3 rings (SSSR count). The first-order valence-corrected chi connectivity index (χ1v) is 6.57. The molecule has 0 aliphatic carbocycles. The van der Waals surface area contributed by atoms with Gasteiger partial charge in [0.15, 0.2) is 17.2 Å². The Morgan fingerprint density at radius 1 is 1.36 bits per heavy atom. The molecule has 2 heterocycles. The Balaban J connectivity index is 1.83. The van der Waals surface area contributed by atoms with E-state index in [1.54, 1.807) is 12.1 Å². The zero-order valence-electron chi connectivity index (χ0n) is 11.9. The van der Waals surface area contributed by atoms with Crippen molar-refractivity contribution in [1.29, 1.82) is 0 Å². The van der Waals surface area contributed by atoms with Crippen molar-refractivity contribution < 1.29 is 19.0 Å². The normalized spacial score (nSPS) is 13.6. The van der Waals surface area contributed by atoms with Crippen LogP contribution in [0.5, 0.6) is 11.5 Å². The van der Waals surface area contributed by atoms with Crippen LogP contribution >= 0.6 is 0 Å². The van der Waals surface area contributed by atoms with Crippen LogP contribution < -0.4 is 14.8 Å². The van der Waals surface area contributed by atoms with Gasteiger partial charge < -0.3 is 19.5 Å². The number of nitrogens with zero attached hydrogens (tertiary/aromatic N) is 3. The highest BCUT2D eigenvalue weighted by atomic mass is 16.6. The molecule has 0 spiro atoms. The topological polar surface area (TPSA) is 87.5 Å². The van der Waals surface area contributed by atoms with E-state index in [0.717, 1.165) is 5.69 Å². The predicted octanol–water partition coefficient (Wildman–Crippen LogP) is 1.13. The molecule has 1 aromatic carbocycles. The fourth-order valence-corrected chi connectivity index (χ4v) is 1.94.